The number of nitrogens with one attached hydrogen (secondary N) is 2. The highest BCUT2D eigenvalue weighted by Gasteiger charge is 2.74. The van der Waals surface area contributed by atoms with Crippen molar-refractivity contribution in [3.8, 4) is 0 Å². The average Bonchev–Trinajstić information content (AvgIpc) is 3.37. The lowest BCUT2D eigenvalue weighted by Crippen LogP contribution is -2.78. The Morgan fingerprint density at radius 2 is 2.00 bits per heavy atom. The van der Waals surface area contributed by atoms with Crippen molar-refractivity contribution in [3.05, 3.63) is 34.9 Å². The van der Waals surface area contributed by atoms with Gasteiger partial charge in [-0.15, -0.1) is 0 Å². The number of guanidine groups is 2. The molecule has 31 heavy (non-hydrogen) atoms. The third-order valence-electron chi connectivity index (χ3n) is 6.66. The number of fused-ring (bicyclic) bond motifs is 1. The van der Waals surface area contributed by atoms with Gasteiger partial charge in [-0.25, -0.2) is 14.8 Å². The van der Waals surface area contributed by atoms with Gasteiger partial charge in [-0.05, 0) is 36.5 Å². The Hall–Kier alpha value is -3.38. The summed E-state index contributed by atoms with van der Waals surface area (Å²) < 4.78 is 0. The molecule has 1 aromatic carbocycles. The summed E-state index contributed by atoms with van der Waals surface area (Å²) >= 11 is 0. The van der Waals surface area contributed by atoms with Crippen LogP contribution >= 0.6 is 0 Å². The molecular weight excluding hydrogens is 406 g/mol. The molecule has 1 saturated heterocycles. The van der Waals surface area contributed by atoms with Gasteiger partial charge in [0, 0.05) is 12.1 Å². The molecule has 12 nitrogen and oxygen atoms in total. The van der Waals surface area contributed by atoms with E-state index in [1.54, 1.807) is 12.1 Å². The van der Waals surface area contributed by atoms with E-state index in [-0.39, 0.29) is 18.5 Å². The molecule has 1 aromatic rings. The zero-order valence-corrected chi connectivity index (χ0v) is 16.4. The molecule has 9 N–H and O–H groups in total. The van der Waals surface area contributed by atoms with E-state index < -0.39 is 41.5 Å². The quantitative estimate of drug-likeness (QED) is 0.245. The van der Waals surface area contributed by atoms with Gasteiger partial charge >= 0.3 is 5.97 Å². The van der Waals surface area contributed by atoms with Gasteiger partial charge in [0.2, 0.25) is 5.79 Å². The second-order valence-corrected chi connectivity index (χ2v) is 8.28. The predicted molar refractivity (Wildman–Crippen MR) is 108 cm³/mol. The first-order valence-electron chi connectivity index (χ1n) is 9.98. The number of hydrogen-bond acceptors (Lipinski definition) is 10. The fourth-order valence-electron chi connectivity index (χ4n) is 5.26. The van der Waals surface area contributed by atoms with Crippen LogP contribution in [0, 0.1) is 0 Å². The van der Waals surface area contributed by atoms with Gasteiger partial charge in [0.15, 0.2) is 23.6 Å². The molecule has 0 unspecified atom stereocenters. The number of nitrogens with zero attached hydrogens (tertiary/aromatic N) is 3. The molecular formula is C19H23N7O5. The number of aliphatic imine (C=N–C) groups is 2. The smallest absolute Gasteiger partial charge is 0.331 e. The Bertz CT molecular complexity index is 1050. The minimum atomic E-state index is -2.66. The van der Waals surface area contributed by atoms with Gasteiger partial charge in [-0.3, -0.25) is 4.79 Å². The highest BCUT2D eigenvalue weighted by molar-refractivity contribution is 5.97. The lowest BCUT2D eigenvalue weighted by atomic mass is 9.85. The lowest BCUT2D eigenvalue weighted by molar-refractivity contribution is -0.230. The molecule has 1 fully saturated rings. The lowest BCUT2D eigenvalue weighted by Gasteiger charge is -2.48. The molecule has 5 rings (SSSR count). The fraction of sp³-hybridized carbons (Fsp3) is 0.474. The molecule has 164 valence electrons. The van der Waals surface area contributed by atoms with E-state index in [0.29, 0.717) is 5.56 Å². The predicted octanol–water partition coefficient (Wildman–Crippen LogP) is -2.97. The summed E-state index contributed by atoms with van der Waals surface area (Å²) in [5, 5.41) is 37.4. The minimum absolute atomic E-state index is 0.137. The molecule has 0 bridgehead atoms. The Kier molecular flexibility index (Phi) is 3.98. The van der Waals surface area contributed by atoms with Crippen LogP contribution in [-0.2, 0) is 17.6 Å². The molecule has 1 spiro atoms. The summed E-state index contributed by atoms with van der Waals surface area (Å²) in [4.78, 5) is 34.2. The number of benzene rings is 1. The molecule has 4 aliphatic rings. The van der Waals surface area contributed by atoms with Crippen LogP contribution in [0.15, 0.2) is 28.2 Å². The zero-order valence-electron chi connectivity index (χ0n) is 16.4. The van der Waals surface area contributed by atoms with Gasteiger partial charge < -0.3 is 42.3 Å². The number of carboxylic acid groups (broad SMARTS) is 1. The number of nitrogens with two attached hydrogens (primary N) is 2. The molecule has 12 heteroatoms. The van der Waals surface area contributed by atoms with Gasteiger partial charge in [0.25, 0.3) is 5.91 Å². The van der Waals surface area contributed by atoms with Crippen molar-refractivity contribution >= 4 is 23.8 Å². The van der Waals surface area contributed by atoms with Gasteiger partial charge in [-0.2, -0.15) is 0 Å². The van der Waals surface area contributed by atoms with Crippen molar-refractivity contribution in [2.45, 2.75) is 48.8 Å². The van der Waals surface area contributed by atoms with Crippen LogP contribution in [0.5, 0.6) is 0 Å². The molecule has 0 radical (unpaired) electrons. The zero-order chi connectivity index (χ0) is 22.1. The molecule has 0 saturated carbocycles. The molecule has 4 atom stereocenters. The topological polar surface area (TPSA) is 199 Å². The summed E-state index contributed by atoms with van der Waals surface area (Å²) in [5.41, 5.74) is 12.4. The summed E-state index contributed by atoms with van der Waals surface area (Å²) in [6, 6.07) is 1.50. The van der Waals surface area contributed by atoms with E-state index in [0.717, 1.165) is 30.4 Å². The van der Waals surface area contributed by atoms with E-state index >= 15 is 0 Å². The van der Waals surface area contributed by atoms with E-state index in [9.17, 15) is 24.9 Å². The number of amides is 1. The summed E-state index contributed by atoms with van der Waals surface area (Å²) in [5.74, 6) is -4.85. The van der Waals surface area contributed by atoms with Crippen LogP contribution in [-0.4, -0.2) is 80.1 Å². The maximum Gasteiger partial charge on any atom is 0.331 e. The SMILES string of the molecule is NC1=N[C@H]2[C@H](C(=O)O)N=C(N)N3C[C@H](NC(=O)c4cccc5c4CCC5)C(O)(O)[C@]23N1. The van der Waals surface area contributed by atoms with Crippen LogP contribution in [0.3, 0.4) is 0 Å². The normalized spacial score (nSPS) is 32.3. The van der Waals surface area contributed by atoms with Crippen LogP contribution in [0.1, 0.15) is 27.9 Å². The first kappa shape index (κ1) is 19.6. The van der Waals surface area contributed by atoms with Gasteiger partial charge in [0.1, 0.15) is 12.1 Å². The van der Waals surface area contributed by atoms with Crippen molar-refractivity contribution < 1.29 is 24.9 Å². The highest BCUT2D eigenvalue weighted by Crippen LogP contribution is 2.44. The number of rotatable bonds is 3. The number of carbonyl (C=O) groups is 2. The van der Waals surface area contributed by atoms with Crippen LogP contribution in [0.2, 0.25) is 0 Å². The number of hydrogen-bond donors (Lipinski definition) is 7. The fourth-order valence-corrected chi connectivity index (χ4v) is 5.26. The van der Waals surface area contributed by atoms with Crippen LogP contribution in [0.4, 0.5) is 0 Å². The van der Waals surface area contributed by atoms with E-state index in [1.165, 1.54) is 4.90 Å². The number of aryl methyl sites for hydroxylation is 1. The maximum absolute atomic E-state index is 13.1. The summed E-state index contributed by atoms with van der Waals surface area (Å²) in [7, 11) is 0. The first-order valence-corrected chi connectivity index (χ1v) is 9.98. The van der Waals surface area contributed by atoms with Crippen molar-refractivity contribution in [1.82, 2.24) is 15.5 Å². The van der Waals surface area contributed by atoms with Crippen molar-refractivity contribution in [3.63, 3.8) is 0 Å². The van der Waals surface area contributed by atoms with Gasteiger partial charge in [0.05, 0.1) is 0 Å². The van der Waals surface area contributed by atoms with Gasteiger partial charge in [-0.1, -0.05) is 12.1 Å². The Morgan fingerprint density at radius 1 is 1.23 bits per heavy atom. The second kappa shape index (κ2) is 6.31. The minimum Gasteiger partial charge on any atom is -0.480 e. The monoisotopic (exact) mass is 429 g/mol. The third-order valence-corrected chi connectivity index (χ3v) is 6.66. The van der Waals surface area contributed by atoms with Crippen LogP contribution in [0.25, 0.3) is 0 Å². The summed E-state index contributed by atoms with van der Waals surface area (Å²) in [6.07, 6.45) is 2.62. The largest absolute Gasteiger partial charge is 0.480 e. The van der Waals surface area contributed by atoms with E-state index in [1.807, 2.05) is 6.07 Å². The highest BCUT2D eigenvalue weighted by atomic mass is 16.5. The van der Waals surface area contributed by atoms with Crippen molar-refractivity contribution in [2.24, 2.45) is 21.5 Å². The Morgan fingerprint density at radius 3 is 2.74 bits per heavy atom. The van der Waals surface area contributed by atoms with Crippen LogP contribution < -0.4 is 22.1 Å². The molecule has 3 aliphatic heterocycles. The average molecular weight is 429 g/mol. The summed E-state index contributed by atoms with van der Waals surface area (Å²) in [6.45, 7) is -0.137. The number of aliphatic carboxylic acids is 1. The maximum atomic E-state index is 13.1. The molecule has 0 aromatic heterocycles. The second-order valence-electron chi connectivity index (χ2n) is 8.28. The van der Waals surface area contributed by atoms with Crippen molar-refractivity contribution in [1.29, 1.82) is 0 Å². The number of carbonyl (C=O) groups excluding carboxylic acids is 1. The number of carboxylic acids is 1. The standard InChI is InChI=1S/C19H23N7O5/c20-16-24-13-12(15(28)29)23-17(21)26-7-11(19(30,31)18(13,26)25-16)22-14(27)10-6-2-4-8-3-1-5-9(8)10/h2,4,6,11-13,30-31H,1,3,5,7H2,(H2,21,23)(H,22,27)(H,28,29)(H3,20,24,25)/t11-,12+,13-,18-/m0/s1. The van der Waals surface area contributed by atoms with Crippen molar-refractivity contribution in [2.75, 3.05) is 6.54 Å². The molecule has 1 amide bonds. The Balaban J connectivity index is 1.50. The first-order chi connectivity index (χ1) is 14.7. The Labute approximate surface area is 176 Å². The third kappa shape index (κ3) is 2.48. The number of aliphatic hydroxyl groups is 2. The van der Waals surface area contributed by atoms with E-state index in [2.05, 4.69) is 20.6 Å². The van der Waals surface area contributed by atoms with E-state index in [4.69, 9.17) is 11.5 Å². The molecule has 1 aliphatic carbocycles. The molecule has 3 heterocycles.